The summed E-state index contributed by atoms with van der Waals surface area (Å²) in [4.78, 5) is 12.0. The maximum atomic E-state index is 12.0. The molecule has 2 aromatic carbocycles. The fraction of sp³-hybridized carbons (Fsp3) is 0.150. The minimum atomic E-state index is 0. The molecule has 1 radical (unpaired) electrons. The van der Waals surface area contributed by atoms with Gasteiger partial charge in [0.05, 0.1) is 0 Å². The van der Waals surface area contributed by atoms with E-state index in [2.05, 4.69) is 18.2 Å². The average Bonchev–Trinajstić information content (AvgIpc) is 2.57. The van der Waals surface area contributed by atoms with Gasteiger partial charge in [-0.1, -0.05) is 11.1 Å². The molecule has 0 atom stereocenters. The molecule has 1 aromatic heterocycles. The van der Waals surface area contributed by atoms with Gasteiger partial charge < -0.3 is 4.57 Å². The van der Waals surface area contributed by atoms with Crippen LogP contribution in [-0.4, -0.2) is 4.57 Å². The molecule has 3 rings (SSSR count). The van der Waals surface area contributed by atoms with Gasteiger partial charge in [-0.05, 0) is 25.1 Å². The van der Waals surface area contributed by atoms with Crippen LogP contribution in [0.2, 0.25) is 0 Å². The minimum Gasteiger partial charge on any atom is -0.327 e. The van der Waals surface area contributed by atoms with E-state index in [0.29, 0.717) is 0 Å². The third kappa shape index (κ3) is 4.49. The smallest absolute Gasteiger partial charge is 0.249 e. The Balaban J connectivity index is 0.00000192. The van der Waals surface area contributed by atoms with Crippen molar-refractivity contribution in [3.63, 3.8) is 0 Å². The summed E-state index contributed by atoms with van der Waals surface area (Å²) in [6.45, 7) is 0. The van der Waals surface area contributed by atoms with E-state index in [1.165, 1.54) is 0 Å². The van der Waals surface area contributed by atoms with Gasteiger partial charge in [0.1, 0.15) is 0 Å². The number of aryl methyl sites for hydroxylation is 3. The summed E-state index contributed by atoms with van der Waals surface area (Å²) in [7, 11) is 1.78. The molecular weight excluding hydrogens is 359 g/mol. The van der Waals surface area contributed by atoms with E-state index < -0.39 is 0 Å². The Hall–Kier alpha value is -1.51. The number of aromatic nitrogens is 1. The Morgan fingerprint density at radius 1 is 1.00 bits per heavy atom. The molecule has 0 saturated carbocycles. The second-order valence-corrected chi connectivity index (χ2v) is 5.33. The average molecular weight is 376 g/mol. The Bertz CT molecular complexity index is 810. The molecule has 0 amide bonds. The Morgan fingerprint density at radius 2 is 1.74 bits per heavy atom. The summed E-state index contributed by atoms with van der Waals surface area (Å²) >= 11 is 0. The van der Waals surface area contributed by atoms with Crippen LogP contribution < -0.4 is 5.56 Å². The zero-order valence-electron chi connectivity index (χ0n) is 13.1. The van der Waals surface area contributed by atoms with Crippen LogP contribution in [0.1, 0.15) is 11.1 Å². The van der Waals surface area contributed by atoms with Gasteiger partial charge in [0.2, 0.25) is 5.56 Å². The Morgan fingerprint density at radius 3 is 2.39 bits per heavy atom. The fourth-order valence-electron chi connectivity index (χ4n) is 2.53. The van der Waals surface area contributed by atoms with Gasteiger partial charge in [-0.2, -0.15) is 35.9 Å². The molecule has 0 N–H and O–H groups in total. The van der Waals surface area contributed by atoms with Crippen LogP contribution in [0, 0.1) is 12.1 Å². The zero-order valence-corrected chi connectivity index (χ0v) is 16.0. The van der Waals surface area contributed by atoms with Gasteiger partial charge in [0.25, 0.3) is 0 Å². The van der Waals surface area contributed by atoms with Crippen molar-refractivity contribution in [2.45, 2.75) is 12.8 Å². The predicted octanol–water partition coefficient (Wildman–Crippen LogP) is 3.44. The molecule has 0 saturated heterocycles. The summed E-state index contributed by atoms with van der Waals surface area (Å²) in [6, 6.07) is 24.0. The number of pyridine rings is 1. The van der Waals surface area contributed by atoms with E-state index in [-0.39, 0.29) is 38.3 Å². The molecule has 0 aliphatic rings. The molecular formula is C20H17NOY-2. The maximum Gasteiger partial charge on any atom is 0.249 e. The number of rotatable bonds is 4. The van der Waals surface area contributed by atoms with E-state index >= 15 is 0 Å². The van der Waals surface area contributed by atoms with Crippen molar-refractivity contribution in [2.24, 2.45) is 7.05 Å². The second-order valence-electron chi connectivity index (χ2n) is 5.33. The summed E-state index contributed by atoms with van der Waals surface area (Å²) < 4.78 is 1.62. The van der Waals surface area contributed by atoms with Crippen LogP contribution >= 0.6 is 0 Å². The first-order chi connectivity index (χ1) is 10.7. The molecule has 1 heterocycles. The standard InChI is InChI=1S/C20H17NO.Y/c1-21-15-19(17-10-6-3-7-11-17)18(14-20(21)22)13-12-16-8-4-2-5-9-16;/h2-8,10,14-15H,12-13H2,1H3;/q-2;. The molecule has 113 valence electrons. The van der Waals surface area contributed by atoms with Crippen molar-refractivity contribution >= 4 is 0 Å². The Kier molecular flexibility index (Phi) is 6.50. The van der Waals surface area contributed by atoms with Gasteiger partial charge in [-0.25, -0.2) is 0 Å². The maximum absolute atomic E-state index is 12.0. The zero-order chi connectivity index (χ0) is 15.4. The molecule has 0 spiro atoms. The van der Waals surface area contributed by atoms with Gasteiger partial charge in [-0.3, -0.25) is 4.79 Å². The molecule has 2 nitrogen and oxygen atoms in total. The van der Waals surface area contributed by atoms with Crippen molar-refractivity contribution in [3.8, 4) is 11.1 Å². The van der Waals surface area contributed by atoms with Crippen LogP contribution in [0.15, 0.2) is 65.6 Å². The molecule has 3 heteroatoms. The molecule has 3 aromatic rings. The van der Waals surface area contributed by atoms with Crippen LogP contribution in [0.4, 0.5) is 0 Å². The minimum absolute atomic E-state index is 0. The van der Waals surface area contributed by atoms with Crippen molar-refractivity contribution in [1.29, 1.82) is 0 Å². The van der Waals surface area contributed by atoms with Crippen LogP contribution in [0.25, 0.3) is 11.1 Å². The van der Waals surface area contributed by atoms with E-state index in [0.717, 1.165) is 35.1 Å². The largest absolute Gasteiger partial charge is 0.327 e. The second kappa shape index (κ2) is 8.38. The van der Waals surface area contributed by atoms with Crippen LogP contribution in [0.5, 0.6) is 0 Å². The van der Waals surface area contributed by atoms with Crippen LogP contribution in [-0.2, 0) is 52.6 Å². The van der Waals surface area contributed by atoms with Gasteiger partial charge >= 0.3 is 0 Å². The van der Waals surface area contributed by atoms with Crippen molar-refractivity contribution in [3.05, 3.63) is 94.4 Å². The third-order valence-corrected chi connectivity index (χ3v) is 3.75. The first kappa shape index (κ1) is 17.8. The molecule has 23 heavy (non-hydrogen) atoms. The summed E-state index contributed by atoms with van der Waals surface area (Å²) in [6.07, 6.45) is 3.58. The molecule has 0 fully saturated rings. The summed E-state index contributed by atoms with van der Waals surface area (Å²) in [5.41, 5.74) is 4.32. The number of benzene rings is 2. The van der Waals surface area contributed by atoms with Crippen molar-refractivity contribution in [2.75, 3.05) is 0 Å². The summed E-state index contributed by atoms with van der Waals surface area (Å²) in [5.74, 6) is 0. The topological polar surface area (TPSA) is 22.0 Å². The monoisotopic (exact) mass is 376 g/mol. The van der Waals surface area contributed by atoms with Crippen LogP contribution in [0.3, 0.4) is 0 Å². The number of nitrogens with zero attached hydrogens (tertiary/aromatic N) is 1. The molecule has 0 aliphatic carbocycles. The first-order valence-electron chi connectivity index (χ1n) is 7.36. The molecule has 0 unspecified atom stereocenters. The fourth-order valence-corrected chi connectivity index (χ4v) is 2.53. The number of hydrogen-bond donors (Lipinski definition) is 0. The van der Waals surface area contributed by atoms with Gasteiger partial charge in [0, 0.05) is 39.8 Å². The van der Waals surface area contributed by atoms with E-state index in [9.17, 15) is 4.79 Å². The van der Waals surface area contributed by atoms with Crippen molar-refractivity contribution < 1.29 is 32.7 Å². The summed E-state index contributed by atoms with van der Waals surface area (Å²) in [5, 5.41) is 0. The van der Waals surface area contributed by atoms with Gasteiger partial charge in [0.15, 0.2) is 0 Å². The normalized spacial score (nSPS) is 10.1. The molecule has 0 bridgehead atoms. The van der Waals surface area contributed by atoms with Crippen molar-refractivity contribution in [1.82, 2.24) is 4.57 Å². The number of hydrogen-bond acceptors (Lipinski definition) is 1. The van der Waals surface area contributed by atoms with Gasteiger partial charge in [-0.15, -0.1) is 35.9 Å². The Labute approximate surface area is 162 Å². The van der Waals surface area contributed by atoms with E-state index in [4.69, 9.17) is 0 Å². The quantitative estimate of drug-likeness (QED) is 0.640. The van der Waals surface area contributed by atoms with E-state index in [1.54, 1.807) is 17.7 Å². The molecule has 0 aliphatic heterocycles. The predicted molar refractivity (Wildman–Crippen MR) is 88.6 cm³/mol. The van der Waals surface area contributed by atoms with E-state index in [1.807, 2.05) is 48.7 Å². The first-order valence-corrected chi connectivity index (χ1v) is 7.36. The third-order valence-electron chi connectivity index (χ3n) is 3.75. The SMILES string of the molecule is Cn1cc(-c2[c-]cccc2)c(CCc2[c-]cccc2)cc1=O.[Y].